The summed E-state index contributed by atoms with van der Waals surface area (Å²) in [5, 5.41) is 3.41. The number of benzene rings is 1. The maximum absolute atomic E-state index is 5.56. The summed E-state index contributed by atoms with van der Waals surface area (Å²) in [7, 11) is 1.66. The van der Waals surface area contributed by atoms with E-state index in [2.05, 4.69) is 41.2 Å². The van der Waals surface area contributed by atoms with Crippen molar-refractivity contribution in [2.45, 2.75) is 27.3 Å². The van der Waals surface area contributed by atoms with Crippen LogP contribution >= 0.6 is 15.9 Å². The van der Waals surface area contributed by atoms with Crippen molar-refractivity contribution in [1.29, 1.82) is 0 Å². The van der Waals surface area contributed by atoms with E-state index in [1.165, 1.54) is 5.56 Å². The lowest BCUT2D eigenvalue weighted by molar-refractivity contribution is 0.308. The number of rotatable bonds is 7. The highest BCUT2D eigenvalue weighted by molar-refractivity contribution is 9.10. The van der Waals surface area contributed by atoms with Crippen molar-refractivity contribution in [1.82, 2.24) is 5.32 Å². The Hall–Kier alpha value is -0.740. The van der Waals surface area contributed by atoms with E-state index in [9.17, 15) is 0 Å². The molecule has 18 heavy (non-hydrogen) atoms. The summed E-state index contributed by atoms with van der Waals surface area (Å²) in [6.07, 6.45) is 0. The van der Waals surface area contributed by atoms with Crippen LogP contribution < -0.4 is 14.8 Å². The van der Waals surface area contributed by atoms with Gasteiger partial charge in [-0.3, -0.25) is 0 Å². The molecule has 1 aromatic carbocycles. The Morgan fingerprint density at radius 1 is 1.33 bits per heavy atom. The Balaban J connectivity index is 2.79. The highest BCUT2D eigenvalue weighted by Gasteiger charge is 2.11. The van der Waals surface area contributed by atoms with Crippen molar-refractivity contribution in [2.24, 2.45) is 5.92 Å². The van der Waals surface area contributed by atoms with Crippen LogP contribution in [0, 0.1) is 5.92 Å². The second-order valence-corrected chi connectivity index (χ2v) is 5.42. The predicted octanol–water partition coefficient (Wildman–Crippen LogP) is 3.60. The van der Waals surface area contributed by atoms with Crippen molar-refractivity contribution in [3.63, 3.8) is 0 Å². The highest BCUT2D eigenvalue weighted by Crippen LogP contribution is 2.36. The summed E-state index contributed by atoms with van der Waals surface area (Å²) in [4.78, 5) is 0. The first-order valence-electron chi connectivity index (χ1n) is 6.28. The van der Waals surface area contributed by atoms with Crippen molar-refractivity contribution < 1.29 is 9.47 Å². The molecule has 0 aliphatic rings. The Morgan fingerprint density at radius 3 is 2.61 bits per heavy atom. The van der Waals surface area contributed by atoms with Crippen LogP contribution in [-0.4, -0.2) is 20.3 Å². The molecule has 0 aliphatic heterocycles. The van der Waals surface area contributed by atoms with Gasteiger partial charge in [-0.05, 0) is 53.0 Å². The minimum absolute atomic E-state index is 0.625. The molecule has 0 saturated heterocycles. The van der Waals surface area contributed by atoms with E-state index < -0.39 is 0 Å². The summed E-state index contributed by atoms with van der Waals surface area (Å²) in [5.74, 6) is 2.19. The molecule has 0 spiro atoms. The third-order valence-electron chi connectivity index (χ3n) is 2.46. The summed E-state index contributed by atoms with van der Waals surface area (Å²) >= 11 is 3.53. The van der Waals surface area contributed by atoms with Crippen molar-refractivity contribution in [3.05, 3.63) is 22.2 Å². The molecule has 0 bridgehead atoms. The van der Waals surface area contributed by atoms with E-state index in [-0.39, 0.29) is 0 Å². The number of methoxy groups -OCH3 is 1. The molecule has 0 heterocycles. The summed E-state index contributed by atoms with van der Waals surface area (Å²) in [6.45, 7) is 8.82. The molecule has 0 amide bonds. The second kappa shape index (κ2) is 7.64. The topological polar surface area (TPSA) is 30.5 Å². The molecule has 0 aliphatic carbocycles. The van der Waals surface area contributed by atoms with Gasteiger partial charge >= 0.3 is 0 Å². The van der Waals surface area contributed by atoms with Crippen molar-refractivity contribution in [3.8, 4) is 11.5 Å². The third kappa shape index (κ3) is 4.50. The fraction of sp³-hybridized carbons (Fsp3) is 0.571. The molecular formula is C14H22BrNO2. The molecule has 0 radical (unpaired) electrons. The standard InChI is InChI=1S/C14H22BrNO2/c1-5-18-14-12(15)6-11(7-13(14)17-4)9-16-8-10(2)3/h6-7,10,16H,5,8-9H2,1-4H3. The van der Waals surface area contributed by atoms with Crippen LogP contribution in [-0.2, 0) is 6.54 Å². The monoisotopic (exact) mass is 315 g/mol. The molecule has 0 saturated carbocycles. The minimum atomic E-state index is 0.625. The van der Waals surface area contributed by atoms with E-state index in [1.54, 1.807) is 7.11 Å². The zero-order valence-corrected chi connectivity index (χ0v) is 13.1. The molecule has 0 unspecified atom stereocenters. The van der Waals surface area contributed by atoms with Crippen molar-refractivity contribution >= 4 is 15.9 Å². The van der Waals surface area contributed by atoms with E-state index in [4.69, 9.17) is 9.47 Å². The fourth-order valence-electron chi connectivity index (χ4n) is 1.66. The first-order valence-corrected chi connectivity index (χ1v) is 7.07. The largest absolute Gasteiger partial charge is 0.493 e. The summed E-state index contributed by atoms with van der Waals surface area (Å²) in [5.41, 5.74) is 1.18. The average molecular weight is 316 g/mol. The van der Waals surface area contributed by atoms with Crippen LogP contribution in [0.3, 0.4) is 0 Å². The zero-order chi connectivity index (χ0) is 13.5. The fourth-order valence-corrected chi connectivity index (χ4v) is 2.27. The van der Waals surface area contributed by atoms with Crippen molar-refractivity contribution in [2.75, 3.05) is 20.3 Å². The Kier molecular flexibility index (Phi) is 6.50. The predicted molar refractivity (Wildman–Crippen MR) is 78.4 cm³/mol. The molecule has 1 rings (SSSR count). The van der Waals surface area contributed by atoms with Gasteiger partial charge in [0.2, 0.25) is 0 Å². The van der Waals surface area contributed by atoms with Crippen LogP contribution in [0.25, 0.3) is 0 Å². The van der Waals surface area contributed by atoms with Crippen LogP contribution in [0.15, 0.2) is 16.6 Å². The van der Waals surface area contributed by atoms with E-state index in [0.29, 0.717) is 12.5 Å². The van der Waals surface area contributed by atoms with E-state index in [0.717, 1.165) is 29.1 Å². The van der Waals surface area contributed by atoms with E-state index in [1.807, 2.05) is 13.0 Å². The Morgan fingerprint density at radius 2 is 2.06 bits per heavy atom. The first-order chi connectivity index (χ1) is 8.58. The molecule has 4 heteroatoms. The van der Waals surface area contributed by atoms with Gasteiger partial charge < -0.3 is 14.8 Å². The number of ether oxygens (including phenoxy) is 2. The molecule has 3 nitrogen and oxygen atoms in total. The number of nitrogens with one attached hydrogen (secondary N) is 1. The Bertz CT molecular complexity index is 380. The van der Waals surface area contributed by atoms with Gasteiger partial charge in [0.15, 0.2) is 11.5 Å². The lowest BCUT2D eigenvalue weighted by Crippen LogP contribution is -2.19. The van der Waals surface area contributed by atoms with Gasteiger partial charge in [0.1, 0.15) is 0 Å². The number of hydrogen-bond acceptors (Lipinski definition) is 3. The lowest BCUT2D eigenvalue weighted by atomic mass is 10.2. The normalized spacial score (nSPS) is 10.8. The van der Waals surface area contributed by atoms with Gasteiger partial charge in [-0.15, -0.1) is 0 Å². The third-order valence-corrected chi connectivity index (χ3v) is 3.05. The first kappa shape index (κ1) is 15.3. The van der Waals surface area contributed by atoms with Gasteiger partial charge in [0, 0.05) is 6.54 Å². The smallest absolute Gasteiger partial charge is 0.175 e. The van der Waals surface area contributed by atoms with E-state index >= 15 is 0 Å². The van der Waals surface area contributed by atoms with Crippen LogP contribution in [0.5, 0.6) is 11.5 Å². The highest BCUT2D eigenvalue weighted by atomic mass is 79.9. The number of hydrogen-bond donors (Lipinski definition) is 1. The van der Waals surface area contributed by atoms with Crippen LogP contribution in [0.2, 0.25) is 0 Å². The molecule has 1 aromatic rings. The molecule has 0 aromatic heterocycles. The molecule has 0 atom stereocenters. The quantitative estimate of drug-likeness (QED) is 0.834. The molecule has 102 valence electrons. The zero-order valence-electron chi connectivity index (χ0n) is 11.5. The van der Waals surface area contributed by atoms with Crippen LogP contribution in [0.1, 0.15) is 26.3 Å². The Labute approximate surface area is 118 Å². The van der Waals surface area contributed by atoms with Gasteiger partial charge in [-0.1, -0.05) is 13.8 Å². The van der Waals surface area contributed by atoms with Gasteiger partial charge in [-0.25, -0.2) is 0 Å². The second-order valence-electron chi connectivity index (χ2n) is 4.57. The minimum Gasteiger partial charge on any atom is -0.493 e. The van der Waals surface area contributed by atoms with Crippen LogP contribution in [0.4, 0.5) is 0 Å². The van der Waals surface area contributed by atoms with Gasteiger partial charge in [-0.2, -0.15) is 0 Å². The molecular weight excluding hydrogens is 294 g/mol. The maximum atomic E-state index is 5.56. The average Bonchev–Trinajstić information content (AvgIpc) is 2.31. The van der Waals surface area contributed by atoms with Gasteiger partial charge in [0.05, 0.1) is 18.2 Å². The lowest BCUT2D eigenvalue weighted by Gasteiger charge is -2.14. The maximum Gasteiger partial charge on any atom is 0.175 e. The summed E-state index contributed by atoms with van der Waals surface area (Å²) in [6, 6.07) is 4.09. The SMILES string of the molecule is CCOc1c(Br)cc(CNCC(C)C)cc1OC. The number of halogens is 1. The van der Waals surface area contributed by atoms with Gasteiger partial charge in [0.25, 0.3) is 0 Å². The molecule has 1 N–H and O–H groups in total. The molecule has 0 fully saturated rings. The summed E-state index contributed by atoms with van der Waals surface area (Å²) < 4.78 is 11.9.